The van der Waals surface area contributed by atoms with Crippen molar-refractivity contribution in [2.45, 2.75) is 6.42 Å². The molecule has 3 rings (SSSR count). The van der Waals surface area contributed by atoms with E-state index in [9.17, 15) is 9.59 Å². The predicted molar refractivity (Wildman–Crippen MR) is 111 cm³/mol. The van der Waals surface area contributed by atoms with Gasteiger partial charge in [-0.15, -0.1) is 0 Å². The van der Waals surface area contributed by atoms with Gasteiger partial charge in [0.2, 0.25) is 5.88 Å². The normalized spacial score (nSPS) is 10.2. The molecule has 2 aromatic carbocycles. The number of hydrogen-bond donors (Lipinski definition) is 1. The summed E-state index contributed by atoms with van der Waals surface area (Å²) in [7, 11) is 1.61. The molecular weight excluding hydrogens is 384 g/mol. The molecule has 0 aliphatic carbocycles. The van der Waals surface area contributed by atoms with Crippen LogP contribution in [-0.2, 0) is 16.0 Å². The Hall–Kier alpha value is -3.87. The van der Waals surface area contributed by atoms with E-state index in [1.54, 1.807) is 25.3 Å². The first kappa shape index (κ1) is 20.9. The van der Waals surface area contributed by atoms with Gasteiger partial charge in [0.25, 0.3) is 5.91 Å². The van der Waals surface area contributed by atoms with Gasteiger partial charge in [-0.2, -0.15) is 0 Å². The van der Waals surface area contributed by atoms with Crippen LogP contribution in [0.4, 0.5) is 0 Å². The van der Waals surface area contributed by atoms with Crippen LogP contribution >= 0.6 is 0 Å². The largest absolute Gasteiger partial charge is 0.497 e. The quantitative estimate of drug-likeness (QED) is 0.548. The predicted octanol–water partition coefficient (Wildman–Crippen LogP) is 3.40. The van der Waals surface area contributed by atoms with Crippen molar-refractivity contribution in [2.75, 3.05) is 20.3 Å². The first-order valence-electron chi connectivity index (χ1n) is 9.40. The number of nitrogens with zero attached hydrogens (tertiary/aromatic N) is 1. The number of ether oxygens (including phenoxy) is 3. The third-order valence-corrected chi connectivity index (χ3v) is 4.18. The van der Waals surface area contributed by atoms with E-state index in [1.165, 1.54) is 12.3 Å². The van der Waals surface area contributed by atoms with Gasteiger partial charge in [0, 0.05) is 12.7 Å². The molecule has 154 valence electrons. The molecule has 1 N–H and O–H groups in total. The third-order valence-electron chi connectivity index (χ3n) is 4.18. The number of methoxy groups -OCH3 is 1. The molecule has 1 heterocycles. The molecule has 7 heteroatoms. The van der Waals surface area contributed by atoms with Crippen LogP contribution in [0.1, 0.15) is 15.9 Å². The summed E-state index contributed by atoms with van der Waals surface area (Å²) in [5.41, 5.74) is 1.21. The van der Waals surface area contributed by atoms with E-state index in [2.05, 4.69) is 10.3 Å². The third kappa shape index (κ3) is 6.07. The second-order valence-corrected chi connectivity index (χ2v) is 6.30. The average Bonchev–Trinajstić information content (AvgIpc) is 2.79. The Kier molecular flexibility index (Phi) is 7.38. The summed E-state index contributed by atoms with van der Waals surface area (Å²) < 4.78 is 15.9. The van der Waals surface area contributed by atoms with Gasteiger partial charge in [0.1, 0.15) is 17.1 Å². The van der Waals surface area contributed by atoms with E-state index < -0.39 is 5.97 Å². The van der Waals surface area contributed by atoms with Crippen molar-refractivity contribution in [2.24, 2.45) is 0 Å². The Bertz CT molecular complexity index is 974. The van der Waals surface area contributed by atoms with Gasteiger partial charge in [-0.3, -0.25) is 4.79 Å². The van der Waals surface area contributed by atoms with Crippen LogP contribution in [0.25, 0.3) is 0 Å². The summed E-state index contributed by atoms with van der Waals surface area (Å²) in [5.74, 6) is 0.376. The molecule has 0 unspecified atom stereocenters. The van der Waals surface area contributed by atoms with E-state index in [1.807, 2.05) is 42.5 Å². The van der Waals surface area contributed by atoms with Crippen molar-refractivity contribution in [3.05, 3.63) is 84.1 Å². The van der Waals surface area contributed by atoms with E-state index in [0.717, 1.165) is 11.3 Å². The Balaban J connectivity index is 1.47. The fourth-order valence-corrected chi connectivity index (χ4v) is 2.63. The smallest absolute Gasteiger partial charge is 0.344 e. The second kappa shape index (κ2) is 10.6. The van der Waals surface area contributed by atoms with Gasteiger partial charge in [0.05, 0.1) is 7.11 Å². The number of amides is 1. The first-order valence-corrected chi connectivity index (χ1v) is 9.40. The molecule has 0 aliphatic heterocycles. The number of carbonyl (C=O) groups excluding carboxylic acids is 2. The standard InChI is InChI=1S/C23H22N2O5/c1-28-18-11-9-17(10-12-18)13-15-24-21(26)16-29-23(27)20-8-5-14-25-22(20)30-19-6-3-2-4-7-19/h2-12,14H,13,15-16H2,1H3,(H,24,26). The lowest BCUT2D eigenvalue weighted by Gasteiger charge is -2.10. The summed E-state index contributed by atoms with van der Waals surface area (Å²) in [6, 6.07) is 19.7. The Labute approximate surface area is 174 Å². The van der Waals surface area contributed by atoms with Crippen LogP contribution in [-0.4, -0.2) is 37.1 Å². The summed E-state index contributed by atoms with van der Waals surface area (Å²) in [6.45, 7) is 0.0408. The summed E-state index contributed by atoms with van der Waals surface area (Å²) in [4.78, 5) is 28.5. The van der Waals surface area contributed by atoms with Crippen molar-refractivity contribution >= 4 is 11.9 Å². The van der Waals surface area contributed by atoms with Crippen LogP contribution in [0.15, 0.2) is 72.9 Å². The average molecular weight is 406 g/mol. The number of nitrogens with one attached hydrogen (secondary N) is 1. The lowest BCUT2D eigenvalue weighted by molar-refractivity contribution is -0.124. The molecule has 0 aliphatic rings. The van der Waals surface area contributed by atoms with E-state index >= 15 is 0 Å². The molecule has 0 saturated heterocycles. The van der Waals surface area contributed by atoms with Crippen molar-refractivity contribution in [3.8, 4) is 17.4 Å². The SMILES string of the molecule is COc1ccc(CCNC(=O)COC(=O)c2cccnc2Oc2ccccc2)cc1. The maximum atomic E-state index is 12.4. The number of para-hydroxylation sites is 1. The molecule has 0 radical (unpaired) electrons. The molecule has 0 spiro atoms. The van der Waals surface area contributed by atoms with Crippen LogP contribution in [0.5, 0.6) is 17.4 Å². The van der Waals surface area contributed by atoms with Crippen LogP contribution in [0.2, 0.25) is 0 Å². The first-order chi connectivity index (χ1) is 14.7. The molecular formula is C23H22N2O5. The van der Waals surface area contributed by atoms with Crippen molar-refractivity contribution < 1.29 is 23.8 Å². The molecule has 0 atom stereocenters. The highest BCUT2D eigenvalue weighted by Gasteiger charge is 2.17. The molecule has 1 aromatic heterocycles. The lowest BCUT2D eigenvalue weighted by Crippen LogP contribution is -2.30. The highest BCUT2D eigenvalue weighted by molar-refractivity contribution is 5.93. The number of benzene rings is 2. The molecule has 30 heavy (non-hydrogen) atoms. The second-order valence-electron chi connectivity index (χ2n) is 6.30. The van der Waals surface area contributed by atoms with E-state index in [4.69, 9.17) is 14.2 Å². The lowest BCUT2D eigenvalue weighted by atomic mass is 10.1. The van der Waals surface area contributed by atoms with Gasteiger partial charge < -0.3 is 19.5 Å². The van der Waals surface area contributed by atoms with Gasteiger partial charge in [0.15, 0.2) is 6.61 Å². The zero-order chi connectivity index (χ0) is 21.2. The van der Waals surface area contributed by atoms with Crippen LogP contribution < -0.4 is 14.8 Å². The zero-order valence-electron chi connectivity index (χ0n) is 16.5. The zero-order valence-corrected chi connectivity index (χ0v) is 16.5. The molecule has 0 bridgehead atoms. The van der Waals surface area contributed by atoms with E-state index in [0.29, 0.717) is 18.7 Å². The molecule has 1 amide bonds. The number of rotatable bonds is 9. The monoisotopic (exact) mass is 406 g/mol. The topological polar surface area (TPSA) is 86.8 Å². The van der Waals surface area contributed by atoms with Crippen LogP contribution in [0, 0.1) is 0 Å². The van der Waals surface area contributed by atoms with Crippen molar-refractivity contribution in [1.29, 1.82) is 0 Å². The fraction of sp³-hybridized carbons (Fsp3) is 0.174. The van der Waals surface area contributed by atoms with Gasteiger partial charge in [-0.25, -0.2) is 9.78 Å². The minimum Gasteiger partial charge on any atom is -0.497 e. The number of hydrogen-bond acceptors (Lipinski definition) is 6. The number of aromatic nitrogens is 1. The maximum absolute atomic E-state index is 12.4. The molecule has 3 aromatic rings. The maximum Gasteiger partial charge on any atom is 0.344 e. The highest BCUT2D eigenvalue weighted by Crippen LogP contribution is 2.23. The number of esters is 1. The molecule has 0 fully saturated rings. The van der Waals surface area contributed by atoms with E-state index in [-0.39, 0.29) is 24.0 Å². The van der Waals surface area contributed by atoms with Gasteiger partial charge in [-0.05, 0) is 48.4 Å². The van der Waals surface area contributed by atoms with Crippen molar-refractivity contribution in [3.63, 3.8) is 0 Å². The number of pyridine rings is 1. The Morgan fingerprint density at radius 1 is 0.933 bits per heavy atom. The van der Waals surface area contributed by atoms with Crippen LogP contribution in [0.3, 0.4) is 0 Å². The fourth-order valence-electron chi connectivity index (χ4n) is 2.63. The molecule has 7 nitrogen and oxygen atoms in total. The molecule has 0 saturated carbocycles. The number of carbonyl (C=O) groups is 2. The summed E-state index contributed by atoms with van der Waals surface area (Å²) in [6.07, 6.45) is 2.17. The minimum atomic E-state index is -0.681. The highest BCUT2D eigenvalue weighted by atomic mass is 16.5. The van der Waals surface area contributed by atoms with Crippen molar-refractivity contribution in [1.82, 2.24) is 10.3 Å². The summed E-state index contributed by atoms with van der Waals surface area (Å²) in [5, 5.41) is 2.73. The van der Waals surface area contributed by atoms with Gasteiger partial charge in [-0.1, -0.05) is 30.3 Å². The Morgan fingerprint density at radius 3 is 2.43 bits per heavy atom. The Morgan fingerprint density at radius 2 is 1.70 bits per heavy atom. The minimum absolute atomic E-state index is 0.119. The summed E-state index contributed by atoms with van der Waals surface area (Å²) >= 11 is 0. The van der Waals surface area contributed by atoms with Gasteiger partial charge >= 0.3 is 5.97 Å².